The average molecular weight is 226 g/mol. The van der Waals surface area contributed by atoms with Crippen molar-refractivity contribution < 1.29 is 14.3 Å². The van der Waals surface area contributed by atoms with Gasteiger partial charge in [0.2, 0.25) is 0 Å². The molecule has 0 N–H and O–H groups in total. The second kappa shape index (κ2) is 4.36. The minimum absolute atomic E-state index is 0.148. The molecule has 1 saturated carbocycles. The van der Waals surface area contributed by atoms with Gasteiger partial charge in [-0.3, -0.25) is 0 Å². The zero-order chi connectivity index (χ0) is 11.6. The van der Waals surface area contributed by atoms with Crippen LogP contribution >= 0.6 is 0 Å². The maximum absolute atomic E-state index is 11.9. The molecule has 1 unspecified atom stereocenters. The van der Waals surface area contributed by atoms with Crippen LogP contribution < -0.4 is 0 Å². The van der Waals surface area contributed by atoms with Gasteiger partial charge in [0.25, 0.3) is 0 Å². The standard InChI is InChI=1S/C13H22O3/c1-3-4-7-10-15-11(14)12(2)13(16-12)8-5-6-9-13/h3-10H2,1-2H3. The molecule has 2 fully saturated rings. The summed E-state index contributed by atoms with van der Waals surface area (Å²) in [7, 11) is 0. The van der Waals surface area contributed by atoms with Crippen LogP contribution in [-0.4, -0.2) is 23.8 Å². The number of epoxide rings is 1. The second-order valence-electron chi connectivity index (χ2n) is 5.18. The Bertz CT molecular complexity index is 268. The van der Waals surface area contributed by atoms with Gasteiger partial charge in [-0.2, -0.15) is 0 Å². The summed E-state index contributed by atoms with van der Waals surface area (Å²) in [5.74, 6) is -0.148. The first kappa shape index (κ1) is 11.9. The van der Waals surface area contributed by atoms with E-state index in [0.717, 1.165) is 32.1 Å². The number of rotatable bonds is 5. The van der Waals surface area contributed by atoms with Crippen molar-refractivity contribution in [1.29, 1.82) is 0 Å². The van der Waals surface area contributed by atoms with E-state index in [4.69, 9.17) is 9.47 Å². The van der Waals surface area contributed by atoms with Crippen LogP contribution in [0.5, 0.6) is 0 Å². The molecule has 3 heteroatoms. The summed E-state index contributed by atoms with van der Waals surface area (Å²) in [6.45, 7) is 4.57. The van der Waals surface area contributed by atoms with Crippen molar-refractivity contribution in [3.05, 3.63) is 0 Å². The maximum Gasteiger partial charge on any atom is 0.341 e. The normalized spacial score (nSPS) is 30.6. The number of carbonyl (C=O) groups excluding carboxylic acids is 1. The van der Waals surface area contributed by atoms with Crippen molar-refractivity contribution in [3.63, 3.8) is 0 Å². The van der Waals surface area contributed by atoms with Gasteiger partial charge >= 0.3 is 5.97 Å². The van der Waals surface area contributed by atoms with E-state index in [1.807, 2.05) is 6.92 Å². The van der Waals surface area contributed by atoms with Gasteiger partial charge in [-0.25, -0.2) is 4.79 Å². The maximum atomic E-state index is 11.9. The molecule has 1 aliphatic carbocycles. The van der Waals surface area contributed by atoms with Crippen molar-refractivity contribution in [2.45, 2.75) is 70.0 Å². The van der Waals surface area contributed by atoms with Crippen LogP contribution in [0.2, 0.25) is 0 Å². The van der Waals surface area contributed by atoms with E-state index in [9.17, 15) is 4.79 Å². The van der Waals surface area contributed by atoms with E-state index in [0.29, 0.717) is 6.61 Å². The minimum atomic E-state index is -0.629. The van der Waals surface area contributed by atoms with Crippen molar-refractivity contribution in [2.24, 2.45) is 0 Å². The summed E-state index contributed by atoms with van der Waals surface area (Å²) in [5, 5.41) is 0. The molecule has 3 nitrogen and oxygen atoms in total. The largest absolute Gasteiger partial charge is 0.463 e. The van der Waals surface area contributed by atoms with E-state index < -0.39 is 5.60 Å². The Morgan fingerprint density at radius 3 is 2.62 bits per heavy atom. The Morgan fingerprint density at radius 1 is 1.31 bits per heavy atom. The highest BCUT2D eigenvalue weighted by Crippen LogP contribution is 2.58. The summed E-state index contributed by atoms with van der Waals surface area (Å²) >= 11 is 0. The summed E-state index contributed by atoms with van der Waals surface area (Å²) in [6.07, 6.45) is 7.63. The number of ether oxygens (including phenoxy) is 2. The molecule has 2 rings (SSSR count). The summed E-state index contributed by atoms with van der Waals surface area (Å²) in [6, 6.07) is 0. The van der Waals surface area contributed by atoms with Crippen LogP contribution in [0.1, 0.15) is 58.8 Å². The highest BCUT2D eigenvalue weighted by molar-refractivity contribution is 5.84. The number of hydrogen-bond acceptors (Lipinski definition) is 3. The van der Waals surface area contributed by atoms with Crippen LogP contribution in [0.3, 0.4) is 0 Å². The fourth-order valence-electron chi connectivity index (χ4n) is 2.77. The van der Waals surface area contributed by atoms with Gasteiger partial charge in [0.1, 0.15) is 5.60 Å². The number of hydrogen-bond donors (Lipinski definition) is 0. The van der Waals surface area contributed by atoms with Gasteiger partial charge in [-0.15, -0.1) is 0 Å². The van der Waals surface area contributed by atoms with Gasteiger partial charge in [0, 0.05) is 0 Å². The summed E-state index contributed by atoms with van der Waals surface area (Å²) in [5.41, 5.74) is -0.787. The highest BCUT2D eigenvalue weighted by atomic mass is 16.7. The van der Waals surface area contributed by atoms with E-state index in [1.54, 1.807) is 0 Å². The summed E-state index contributed by atoms with van der Waals surface area (Å²) in [4.78, 5) is 11.9. The van der Waals surface area contributed by atoms with Crippen LogP contribution in [0.25, 0.3) is 0 Å². The third-order valence-corrected chi connectivity index (χ3v) is 4.01. The monoisotopic (exact) mass is 226 g/mol. The quantitative estimate of drug-likeness (QED) is 0.411. The molecule has 1 spiro atoms. The van der Waals surface area contributed by atoms with Crippen molar-refractivity contribution in [2.75, 3.05) is 6.61 Å². The second-order valence-corrected chi connectivity index (χ2v) is 5.18. The van der Waals surface area contributed by atoms with Gasteiger partial charge in [0.05, 0.1) is 6.61 Å². The van der Waals surface area contributed by atoms with E-state index in [1.165, 1.54) is 12.8 Å². The molecular formula is C13H22O3. The lowest BCUT2D eigenvalue weighted by Gasteiger charge is -2.10. The zero-order valence-electron chi connectivity index (χ0n) is 10.4. The molecule has 0 aromatic heterocycles. The molecule has 0 amide bonds. The van der Waals surface area contributed by atoms with Crippen LogP contribution in [0.15, 0.2) is 0 Å². The Balaban J connectivity index is 1.78. The molecule has 0 aromatic carbocycles. The SMILES string of the molecule is CCCCCOC(=O)C1(C)OC12CCCC2. The molecule has 0 aromatic rings. The van der Waals surface area contributed by atoms with E-state index in [-0.39, 0.29) is 11.6 Å². The van der Waals surface area contributed by atoms with Crippen LogP contribution in [0.4, 0.5) is 0 Å². The van der Waals surface area contributed by atoms with E-state index >= 15 is 0 Å². The third-order valence-electron chi connectivity index (χ3n) is 4.01. The first-order valence-corrected chi connectivity index (χ1v) is 6.52. The third kappa shape index (κ3) is 1.86. The molecule has 92 valence electrons. The Hall–Kier alpha value is -0.570. The minimum Gasteiger partial charge on any atom is -0.463 e. The Morgan fingerprint density at radius 2 is 2.00 bits per heavy atom. The molecule has 16 heavy (non-hydrogen) atoms. The fourth-order valence-corrected chi connectivity index (χ4v) is 2.77. The molecular weight excluding hydrogens is 204 g/mol. The van der Waals surface area contributed by atoms with Gasteiger partial charge in [-0.1, -0.05) is 32.6 Å². The Labute approximate surface area is 97.5 Å². The van der Waals surface area contributed by atoms with Gasteiger partial charge in [-0.05, 0) is 26.2 Å². The first-order valence-electron chi connectivity index (χ1n) is 6.52. The predicted molar refractivity (Wildman–Crippen MR) is 61.2 cm³/mol. The van der Waals surface area contributed by atoms with Crippen molar-refractivity contribution in [1.82, 2.24) is 0 Å². The number of esters is 1. The van der Waals surface area contributed by atoms with Crippen LogP contribution in [0, 0.1) is 0 Å². The smallest absolute Gasteiger partial charge is 0.341 e. The predicted octanol–water partition coefficient (Wildman–Crippen LogP) is 2.82. The van der Waals surface area contributed by atoms with E-state index in [2.05, 4.69) is 6.92 Å². The molecule has 0 radical (unpaired) electrons. The summed E-state index contributed by atoms with van der Waals surface area (Å²) < 4.78 is 11.0. The zero-order valence-corrected chi connectivity index (χ0v) is 10.4. The van der Waals surface area contributed by atoms with Crippen molar-refractivity contribution in [3.8, 4) is 0 Å². The highest BCUT2D eigenvalue weighted by Gasteiger charge is 2.72. The lowest BCUT2D eigenvalue weighted by molar-refractivity contribution is -0.149. The van der Waals surface area contributed by atoms with Crippen LogP contribution in [-0.2, 0) is 14.3 Å². The number of unbranched alkanes of at least 4 members (excludes halogenated alkanes) is 2. The molecule has 1 aliphatic heterocycles. The van der Waals surface area contributed by atoms with Gasteiger partial charge in [0.15, 0.2) is 5.60 Å². The van der Waals surface area contributed by atoms with Gasteiger partial charge < -0.3 is 9.47 Å². The average Bonchev–Trinajstić information content (AvgIpc) is 2.62. The number of carbonyl (C=O) groups is 1. The molecule has 1 atom stereocenters. The lowest BCUT2D eigenvalue weighted by Crippen LogP contribution is -2.31. The topological polar surface area (TPSA) is 38.8 Å². The van der Waals surface area contributed by atoms with Crippen molar-refractivity contribution >= 4 is 5.97 Å². The first-order chi connectivity index (χ1) is 7.65. The molecule has 0 bridgehead atoms. The Kier molecular flexibility index (Phi) is 3.24. The molecule has 1 heterocycles. The molecule has 2 aliphatic rings. The molecule has 1 saturated heterocycles. The fraction of sp³-hybridized carbons (Fsp3) is 0.923. The lowest BCUT2D eigenvalue weighted by atomic mass is 9.93.